The van der Waals surface area contributed by atoms with E-state index in [0.717, 1.165) is 32.9 Å². The molecule has 5 aromatic rings. The van der Waals surface area contributed by atoms with Crippen molar-refractivity contribution in [3.8, 4) is 0 Å². The van der Waals surface area contributed by atoms with Crippen LogP contribution < -0.4 is 16.4 Å². The van der Waals surface area contributed by atoms with Gasteiger partial charge in [-0.05, 0) is 22.9 Å². The normalized spacial score (nSPS) is 10.9. The van der Waals surface area contributed by atoms with E-state index in [2.05, 4.69) is 57.0 Å². The third-order valence-corrected chi connectivity index (χ3v) is 4.97. The first-order valence-corrected chi connectivity index (χ1v) is 9.40. The first kappa shape index (κ1) is 17.0. The van der Waals surface area contributed by atoms with E-state index in [0.29, 0.717) is 17.3 Å². The summed E-state index contributed by atoms with van der Waals surface area (Å²) in [5.74, 6) is 1.14. The molecule has 5 heteroatoms. The topological polar surface area (TPSA) is 75.9 Å². The van der Waals surface area contributed by atoms with Crippen LogP contribution in [0.15, 0.2) is 91.3 Å². The molecule has 5 rings (SSSR count). The molecule has 0 amide bonds. The molecular weight excluding hydrogens is 358 g/mol. The molecule has 1 aromatic heterocycles. The maximum atomic E-state index is 6.42. The highest BCUT2D eigenvalue weighted by atomic mass is 15.1. The molecule has 0 saturated heterocycles. The van der Waals surface area contributed by atoms with Crippen LogP contribution in [-0.4, -0.2) is 9.97 Å². The van der Waals surface area contributed by atoms with Crippen LogP contribution in [-0.2, 0) is 0 Å². The van der Waals surface area contributed by atoms with E-state index < -0.39 is 0 Å². The van der Waals surface area contributed by atoms with Gasteiger partial charge in [0.1, 0.15) is 12.0 Å². The molecule has 0 fully saturated rings. The first-order chi connectivity index (χ1) is 14.3. The fraction of sp³-hybridized carbons (Fsp3) is 0. The fourth-order valence-corrected chi connectivity index (χ4v) is 3.52. The van der Waals surface area contributed by atoms with E-state index in [1.807, 2.05) is 48.5 Å². The fourth-order valence-electron chi connectivity index (χ4n) is 3.52. The smallest absolute Gasteiger partial charge is 0.159 e. The van der Waals surface area contributed by atoms with Gasteiger partial charge in [-0.1, -0.05) is 72.8 Å². The highest BCUT2D eigenvalue weighted by Crippen LogP contribution is 2.33. The minimum atomic E-state index is 0.466. The van der Waals surface area contributed by atoms with Crippen molar-refractivity contribution in [3.05, 3.63) is 91.3 Å². The second kappa shape index (κ2) is 7.13. The van der Waals surface area contributed by atoms with Gasteiger partial charge in [0.25, 0.3) is 0 Å². The molecule has 29 heavy (non-hydrogen) atoms. The van der Waals surface area contributed by atoms with Gasteiger partial charge in [-0.15, -0.1) is 0 Å². The third-order valence-electron chi connectivity index (χ3n) is 4.97. The summed E-state index contributed by atoms with van der Waals surface area (Å²) < 4.78 is 0. The maximum absolute atomic E-state index is 6.42. The van der Waals surface area contributed by atoms with Crippen molar-refractivity contribution in [2.75, 3.05) is 16.4 Å². The molecule has 0 aliphatic carbocycles. The van der Waals surface area contributed by atoms with Crippen LogP contribution in [0.3, 0.4) is 0 Å². The van der Waals surface area contributed by atoms with Crippen LogP contribution in [0.4, 0.5) is 28.7 Å². The highest BCUT2D eigenvalue weighted by molar-refractivity contribution is 5.98. The predicted octanol–water partition coefficient (Wildman–Crippen LogP) is 5.85. The molecule has 0 radical (unpaired) electrons. The molecular formula is C24H19N5. The number of aromatic nitrogens is 2. The van der Waals surface area contributed by atoms with Gasteiger partial charge in [-0.2, -0.15) is 0 Å². The van der Waals surface area contributed by atoms with Gasteiger partial charge in [0.15, 0.2) is 11.6 Å². The highest BCUT2D eigenvalue weighted by Gasteiger charge is 2.11. The third kappa shape index (κ3) is 3.19. The molecule has 0 aliphatic rings. The van der Waals surface area contributed by atoms with Gasteiger partial charge in [-0.25, -0.2) is 9.97 Å². The van der Waals surface area contributed by atoms with Crippen LogP contribution in [0, 0.1) is 0 Å². The van der Waals surface area contributed by atoms with Gasteiger partial charge >= 0.3 is 0 Å². The number of fused-ring (bicyclic) bond motifs is 2. The number of nitrogens with two attached hydrogens (primary N) is 1. The molecule has 4 N–H and O–H groups in total. The molecule has 0 aliphatic heterocycles. The Kier molecular flexibility index (Phi) is 4.18. The minimum Gasteiger partial charge on any atom is -0.393 e. The molecule has 140 valence electrons. The van der Waals surface area contributed by atoms with Gasteiger partial charge in [0.2, 0.25) is 0 Å². The number of nitrogens with zero attached hydrogens (tertiary/aromatic N) is 2. The lowest BCUT2D eigenvalue weighted by atomic mass is 10.1. The first-order valence-electron chi connectivity index (χ1n) is 9.40. The zero-order valence-electron chi connectivity index (χ0n) is 15.6. The summed E-state index contributed by atoms with van der Waals surface area (Å²) in [6.07, 6.45) is 1.51. The number of benzene rings is 4. The summed E-state index contributed by atoms with van der Waals surface area (Å²) in [6.45, 7) is 0. The molecule has 5 nitrogen and oxygen atoms in total. The Labute approximate surface area is 168 Å². The Morgan fingerprint density at radius 3 is 1.52 bits per heavy atom. The Bertz CT molecular complexity index is 1220. The van der Waals surface area contributed by atoms with Crippen LogP contribution >= 0.6 is 0 Å². The van der Waals surface area contributed by atoms with Crippen molar-refractivity contribution in [3.63, 3.8) is 0 Å². The average molecular weight is 377 g/mol. The van der Waals surface area contributed by atoms with Crippen molar-refractivity contribution in [2.45, 2.75) is 0 Å². The monoisotopic (exact) mass is 377 g/mol. The van der Waals surface area contributed by atoms with Gasteiger partial charge in [0.05, 0.1) is 0 Å². The van der Waals surface area contributed by atoms with E-state index in [1.165, 1.54) is 6.33 Å². The summed E-state index contributed by atoms with van der Waals surface area (Å²) in [6, 6.07) is 28.6. The van der Waals surface area contributed by atoms with Crippen molar-refractivity contribution in [1.82, 2.24) is 9.97 Å². The van der Waals surface area contributed by atoms with Crippen LogP contribution in [0.25, 0.3) is 21.5 Å². The van der Waals surface area contributed by atoms with Crippen LogP contribution in [0.2, 0.25) is 0 Å². The minimum absolute atomic E-state index is 0.466. The molecule has 0 bridgehead atoms. The summed E-state index contributed by atoms with van der Waals surface area (Å²) >= 11 is 0. The lowest BCUT2D eigenvalue weighted by Crippen LogP contribution is -2.05. The van der Waals surface area contributed by atoms with Crippen molar-refractivity contribution >= 4 is 50.2 Å². The predicted molar refractivity (Wildman–Crippen MR) is 121 cm³/mol. The molecule has 4 aromatic carbocycles. The lowest BCUT2D eigenvalue weighted by Gasteiger charge is -2.15. The second-order valence-electron chi connectivity index (χ2n) is 6.79. The van der Waals surface area contributed by atoms with Gasteiger partial charge in [-0.3, -0.25) is 0 Å². The van der Waals surface area contributed by atoms with E-state index >= 15 is 0 Å². The summed E-state index contributed by atoms with van der Waals surface area (Å²) in [7, 11) is 0. The zero-order valence-corrected chi connectivity index (χ0v) is 15.6. The maximum Gasteiger partial charge on any atom is 0.159 e. The quantitative estimate of drug-likeness (QED) is 0.366. The molecule has 0 unspecified atom stereocenters. The van der Waals surface area contributed by atoms with Gasteiger partial charge in [0, 0.05) is 22.1 Å². The number of nitrogens with one attached hydrogen (secondary N) is 2. The Morgan fingerprint density at radius 1 is 0.552 bits per heavy atom. The number of hydrogen-bond donors (Lipinski definition) is 3. The zero-order chi connectivity index (χ0) is 19.6. The van der Waals surface area contributed by atoms with E-state index in [4.69, 9.17) is 5.73 Å². The number of nitrogen functional groups attached to an aromatic ring is 1. The lowest BCUT2D eigenvalue weighted by molar-refractivity contribution is 1.17. The number of rotatable bonds is 4. The van der Waals surface area contributed by atoms with Crippen molar-refractivity contribution in [1.29, 1.82) is 0 Å². The number of hydrogen-bond acceptors (Lipinski definition) is 5. The van der Waals surface area contributed by atoms with E-state index in [-0.39, 0.29) is 0 Å². The Hall–Kier alpha value is -4.12. The van der Waals surface area contributed by atoms with Crippen molar-refractivity contribution < 1.29 is 0 Å². The molecule has 1 heterocycles. The van der Waals surface area contributed by atoms with E-state index in [1.54, 1.807) is 0 Å². The molecule has 0 spiro atoms. The SMILES string of the molecule is Nc1c(Nc2cccc3ccccc23)ncnc1Nc1cccc2ccccc12. The summed E-state index contributed by atoms with van der Waals surface area (Å²) in [4.78, 5) is 8.72. The van der Waals surface area contributed by atoms with Gasteiger partial charge < -0.3 is 16.4 Å². The Balaban J connectivity index is 1.52. The summed E-state index contributed by atoms with van der Waals surface area (Å²) in [5.41, 5.74) is 8.78. The number of anilines is 5. The second-order valence-corrected chi connectivity index (χ2v) is 6.79. The van der Waals surface area contributed by atoms with E-state index in [9.17, 15) is 0 Å². The largest absolute Gasteiger partial charge is 0.393 e. The Morgan fingerprint density at radius 2 is 1.00 bits per heavy atom. The van der Waals surface area contributed by atoms with Crippen LogP contribution in [0.1, 0.15) is 0 Å². The van der Waals surface area contributed by atoms with Crippen LogP contribution in [0.5, 0.6) is 0 Å². The van der Waals surface area contributed by atoms with Crippen molar-refractivity contribution in [2.24, 2.45) is 0 Å². The average Bonchev–Trinajstić information content (AvgIpc) is 2.77. The molecule has 0 saturated carbocycles. The molecule has 0 atom stereocenters. The standard InChI is InChI=1S/C24H19N5/c25-22-23(28-20-13-5-9-16-7-1-3-11-18(16)20)26-15-27-24(22)29-21-14-6-10-17-8-2-4-12-19(17)21/h1-15H,25H2,(H2,26,27,28,29). The summed E-state index contributed by atoms with van der Waals surface area (Å²) in [5, 5.41) is 11.2.